The molecule has 1 aliphatic carbocycles. The van der Waals surface area contributed by atoms with Crippen molar-refractivity contribution in [3.05, 3.63) is 41.2 Å². The van der Waals surface area contributed by atoms with Gasteiger partial charge in [-0.05, 0) is 76.2 Å². The fraction of sp³-hybridized carbons (Fsp3) is 0.586. The third-order valence-corrected chi connectivity index (χ3v) is 8.78. The summed E-state index contributed by atoms with van der Waals surface area (Å²) in [6.45, 7) is 8.92. The number of fused-ring (bicyclic) bond motifs is 1. The van der Waals surface area contributed by atoms with Crippen molar-refractivity contribution in [1.29, 1.82) is 0 Å². The fourth-order valence-corrected chi connectivity index (χ4v) is 5.99. The summed E-state index contributed by atoms with van der Waals surface area (Å²) in [5, 5.41) is 6.25. The van der Waals surface area contributed by atoms with Crippen molar-refractivity contribution in [2.75, 3.05) is 42.9 Å². The van der Waals surface area contributed by atoms with Crippen LogP contribution in [-0.2, 0) is 17.6 Å². The average Bonchev–Trinajstić information content (AvgIpc) is 3.69. The van der Waals surface area contributed by atoms with Crippen molar-refractivity contribution >= 4 is 29.0 Å². The maximum absolute atomic E-state index is 13.3. The minimum absolute atomic E-state index is 0.123. The maximum atomic E-state index is 13.3. The number of nitrogens with one attached hydrogen (secondary N) is 3. The summed E-state index contributed by atoms with van der Waals surface area (Å²) < 4.78 is 41.9. The van der Waals surface area contributed by atoms with E-state index in [0.29, 0.717) is 46.8 Å². The minimum atomic E-state index is -4.41. The number of hydroxylamine groups is 1. The highest BCUT2D eigenvalue weighted by molar-refractivity contribution is 5.86. The molecule has 4 heterocycles. The SMILES string of the molecule is CCN(CCN1CCCC1)c1nc2nc(C3NOC(=O)N3)nc(N[C@H](C)C3CCC3)c2n1Cc1ccc(C(F)(F)F)cc1. The molecule has 3 aromatic rings. The highest BCUT2D eigenvalue weighted by Crippen LogP contribution is 2.35. The third kappa shape index (κ3) is 6.35. The van der Waals surface area contributed by atoms with E-state index in [1.165, 1.54) is 31.4 Å². The number of carbonyl (C=O) groups excluding carboxylic acids is 1. The van der Waals surface area contributed by atoms with Crippen LogP contribution in [0.15, 0.2) is 24.3 Å². The van der Waals surface area contributed by atoms with E-state index in [4.69, 9.17) is 19.8 Å². The first-order valence-corrected chi connectivity index (χ1v) is 15.1. The summed E-state index contributed by atoms with van der Waals surface area (Å²) >= 11 is 0. The lowest BCUT2D eigenvalue weighted by Crippen LogP contribution is -2.35. The number of hydrogen-bond donors (Lipinski definition) is 3. The van der Waals surface area contributed by atoms with Crippen LogP contribution in [0.2, 0.25) is 0 Å². The lowest BCUT2D eigenvalue weighted by atomic mass is 9.80. The number of rotatable bonds is 11. The van der Waals surface area contributed by atoms with Crippen LogP contribution in [0.5, 0.6) is 0 Å². The molecule has 232 valence electrons. The lowest BCUT2D eigenvalue weighted by Gasteiger charge is -2.32. The number of amides is 1. The van der Waals surface area contributed by atoms with Crippen molar-refractivity contribution in [3.63, 3.8) is 0 Å². The molecule has 2 atom stereocenters. The molecule has 2 aliphatic heterocycles. The van der Waals surface area contributed by atoms with E-state index in [2.05, 4.69) is 39.8 Å². The van der Waals surface area contributed by atoms with Crippen LogP contribution in [-0.4, -0.2) is 69.3 Å². The summed E-state index contributed by atoms with van der Waals surface area (Å²) in [5.41, 5.74) is 3.72. The van der Waals surface area contributed by atoms with Gasteiger partial charge in [0.15, 0.2) is 23.5 Å². The van der Waals surface area contributed by atoms with Crippen LogP contribution >= 0.6 is 0 Å². The summed E-state index contributed by atoms with van der Waals surface area (Å²) in [7, 11) is 0. The molecule has 2 saturated heterocycles. The van der Waals surface area contributed by atoms with Crippen molar-refractivity contribution in [2.24, 2.45) is 5.92 Å². The summed E-state index contributed by atoms with van der Waals surface area (Å²) in [6.07, 6.45) is 0.0395. The molecule has 14 heteroatoms. The predicted octanol–water partition coefficient (Wildman–Crippen LogP) is 4.66. The number of halogens is 3. The van der Waals surface area contributed by atoms with E-state index in [1.807, 2.05) is 4.57 Å². The van der Waals surface area contributed by atoms with E-state index < -0.39 is 24.0 Å². The van der Waals surface area contributed by atoms with Gasteiger partial charge in [-0.2, -0.15) is 18.2 Å². The van der Waals surface area contributed by atoms with Crippen LogP contribution in [0.1, 0.15) is 69.1 Å². The number of benzene rings is 1. The molecule has 1 saturated carbocycles. The Hall–Kier alpha value is -3.65. The van der Waals surface area contributed by atoms with Gasteiger partial charge in [0.05, 0.1) is 12.1 Å². The molecular weight excluding hydrogens is 563 g/mol. The molecular formula is C29H38F3N9O2. The molecule has 0 spiro atoms. The largest absolute Gasteiger partial charge is 0.427 e. The molecule has 3 aliphatic rings. The number of carbonyl (C=O) groups is 1. The van der Waals surface area contributed by atoms with Gasteiger partial charge < -0.3 is 24.5 Å². The number of hydrogen-bond acceptors (Lipinski definition) is 9. The molecule has 43 heavy (non-hydrogen) atoms. The second-order valence-corrected chi connectivity index (χ2v) is 11.6. The zero-order valence-electron chi connectivity index (χ0n) is 24.5. The smallest absolute Gasteiger partial charge is 0.365 e. The second kappa shape index (κ2) is 12.2. The Morgan fingerprint density at radius 1 is 1.12 bits per heavy atom. The van der Waals surface area contributed by atoms with Crippen molar-refractivity contribution in [2.45, 2.75) is 70.9 Å². The van der Waals surface area contributed by atoms with Crippen molar-refractivity contribution in [3.8, 4) is 0 Å². The normalized spacial score (nSPS) is 20.2. The Morgan fingerprint density at radius 2 is 1.86 bits per heavy atom. The van der Waals surface area contributed by atoms with Crippen molar-refractivity contribution < 1.29 is 22.8 Å². The Kier molecular flexibility index (Phi) is 8.32. The zero-order chi connectivity index (χ0) is 30.1. The molecule has 6 rings (SSSR count). The Labute approximate surface area is 248 Å². The third-order valence-electron chi connectivity index (χ3n) is 8.78. The van der Waals surface area contributed by atoms with E-state index in [1.54, 1.807) is 0 Å². The molecule has 0 radical (unpaired) electrons. The van der Waals surface area contributed by atoms with Crippen LogP contribution in [0.4, 0.5) is 29.7 Å². The van der Waals surface area contributed by atoms with Crippen LogP contribution in [0, 0.1) is 5.92 Å². The van der Waals surface area contributed by atoms with Crippen LogP contribution < -0.4 is 21.0 Å². The van der Waals surface area contributed by atoms with Crippen LogP contribution in [0.25, 0.3) is 11.2 Å². The molecule has 1 amide bonds. The number of imidazole rings is 1. The first-order chi connectivity index (χ1) is 20.7. The van der Waals surface area contributed by atoms with E-state index >= 15 is 0 Å². The van der Waals surface area contributed by atoms with Gasteiger partial charge in [0, 0.05) is 25.7 Å². The summed E-state index contributed by atoms with van der Waals surface area (Å²) in [5.74, 6) is 2.03. The molecule has 2 aromatic heterocycles. The molecule has 3 fully saturated rings. The number of likely N-dealkylation sites (N-methyl/N-ethyl adjacent to an activating group) is 1. The Balaban J connectivity index is 1.43. The number of aromatic nitrogens is 4. The van der Waals surface area contributed by atoms with Gasteiger partial charge in [-0.1, -0.05) is 18.6 Å². The number of nitrogens with zero attached hydrogens (tertiary/aromatic N) is 6. The molecule has 1 unspecified atom stereocenters. The average molecular weight is 602 g/mol. The first-order valence-electron chi connectivity index (χ1n) is 15.1. The highest BCUT2D eigenvalue weighted by atomic mass is 19.4. The predicted molar refractivity (Wildman–Crippen MR) is 155 cm³/mol. The van der Waals surface area contributed by atoms with Gasteiger partial charge in [-0.3, -0.25) is 5.32 Å². The second-order valence-electron chi connectivity index (χ2n) is 11.6. The Morgan fingerprint density at radius 3 is 2.47 bits per heavy atom. The minimum Gasteiger partial charge on any atom is -0.365 e. The van der Waals surface area contributed by atoms with E-state index in [9.17, 15) is 18.0 Å². The highest BCUT2D eigenvalue weighted by Gasteiger charge is 2.32. The standard InChI is InChI=1S/C29H38F3N9O2/c1-3-40(16-15-39-13-4-5-14-39)27-36-24-22(41(27)17-19-9-11-21(12-10-19)29(30,31)32)23(33-18(2)20-7-6-8-20)34-25(35-24)26-37-28(42)43-38-26/h9-12,18,20,26,38H,3-8,13-17H2,1-2H3,(H,37,42)(H,33,34,35)/t18-,26?/m1/s1. The molecule has 11 nitrogen and oxygen atoms in total. The lowest BCUT2D eigenvalue weighted by molar-refractivity contribution is -0.137. The monoisotopic (exact) mass is 601 g/mol. The topological polar surface area (TPSA) is 112 Å². The van der Waals surface area contributed by atoms with Gasteiger partial charge in [0.25, 0.3) is 0 Å². The van der Waals surface area contributed by atoms with Gasteiger partial charge in [0.1, 0.15) is 5.52 Å². The van der Waals surface area contributed by atoms with Gasteiger partial charge >= 0.3 is 12.3 Å². The number of alkyl halides is 3. The summed E-state index contributed by atoms with van der Waals surface area (Å²) in [4.78, 5) is 35.8. The van der Waals surface area contributed by atoms with Gasteiger partial charge in [0.2, 0.25) is 5.95 Å². The zero-order valence-corrected chi connectivity index (χ0v) is 24.5. The molecule has 3 N–H and O–H groups in total. The number of anilines is 2. The van der Waals surface area contributed by atoms with E-state index in [0.717, 1.165) is 51.2 Å². The maximum Gasteiger partial charge on any atom is 0.427 e. The number of likely N-dealkylation sites (tertiary alicyclic amines) is 1. The quantitative estimate of drug-likeness (QED) is 0.289. The van der Waals surface area contributed by atoms with Gasteiger partial charge in [-0.25, -0.2) is 14.8 Å². The Bertz CT molecular complexity index is 1440. The summed E-state index contributed by atoms with van der Waals surface area (Å²) in [6, 6.07) is 5.36. The molecule has 0 bridgehead atoms. The van der Waals surface area contributed by atoms with Gasteiger partial charge in [-0.15, -0.1) is 5.48 Å². The fourth-order valence-electron chi connectivity index (χ4n) is 5.99. The molecule has 1 aromatic carbocycles. The van der Waals surface area contributed by atoms with Crippen molar-refractivity contribution in [1.82, 2.24) is 35.2 Å². The van der Waals surface area contributed by atoms with Crippen LogP contribution in [0.3, 0.4) is 0 Å². The first kappa shape index (κ1) is 29.4. The van der Waals surface area contributed by atoms with E-state index in [-0.39, 0.29) is 12.6 Å².